The summed E-state index contributed by atoms with van der Waals surface area (Å²) in [6, 6.07) is 27.5. The number of aryl methyl sites for hydroxylation is 2. The van der Waals surface area contributed by atoms with E-state index in [9.17, 15) is 4.79 Å². The molecule has 32 heavy (non-hydrogen) atoms. The molecule has 1 unspecified atom stereocenters. The zero-order valence-corrected chi connectivity index (χ0v) is 19.2. The molecule has 4 rings (SSSR count). The fraction of sp³-hybridized carbons (Fsp3) is 0.321. The summed E-state index contributed by atoms with van der Waals surface area (Å²) >= 11 is 0. The number of amides is 1. The first-order chi connectivity index (χ1) is 15.5. The van der Waals surface area contributed by atoms with Crippen LogP contribution in [0.3, 0.4) is 0 Å². The number of piperazine rings is 1. The number of carbonyl (C=O) groups is 1. The molecule has 1 saturated heterocycles. The van der Waals surface area contributed by atoms with E-state index >= 15 is 0 Å². The van der Waals surface area contributed by atoms with E-state index in [-0.39, 0.29) is 11.9 Å². The Morgan fingerprint density at radius 3 is 1.75 bits per heavy atom. The summed E-state index contributed by atoms with van der Waals surface area (Å²) in [5.74, 6) is 0.878. The van der Waals surface area contributed by atoms with Gasteiger partial charge < -0.3 is 9.64 Å². The normalized spacial score (nSPS) is 15.6. The predicted molar refractivity (Wildman–Crippen MR) is 129 cm³/mol. The van der Waals surface area contributed by atoms with Crippen LogP contribution in [-0.2, 0) is 4.79 Å². The Morgan fingerprint density at radius 2 is 1.25 bits per heavy atom. The zero-order valence-electron chi connectivity index (χ0n) is 19.2. The quantitative estimate of drug-likeness (QED) is 0.554. The topological polar surface area (TPSA) is 32.8 Å². The van der Waals surface area contributed by atoms with Gasteiger partial charge in [-0.15, -0.1) is 0 Å². The van der Waals surface area contributed by atoms with Crippen molar-refractivity contribution in [2.45, 2.75) is 32.9 Å². The molecular weight excluding hydrogens is 396 g/mol. The number of nitrogens with zero attached hydrogens (tertiary/aromatic N) is 2. The SMILES string of the molecule is Cc1cccc(C)c1OC(C)C(=O)N1CCN(C(c2ccccc2)c2ccccc2)CC1. The first kappa shape index (κ1) is 22.1. The summed E-state index contributed by atoms with van der Waals surface area (Å²) in [4.78, 5) is 17.5. The van der Waals surface area contributed by atoms with E-state index in [4.69, 9.17) is 4.74 Å². The molecule has 4 heteroatoms. The average molecular weight is 429 g/mol. The minimum absolute atomic E-state index is 0.0586. The second kappa shape index (κ2) is 10.0. The Morgan fingerprint density at radius 1 is 0.750 bits per heavy atom. The van der Waals surface area contributed by atoms with Crippen molar-refractivity contribution < 1.29 is 9.53 Å². The summed E-state index contributed by atoms with van der Waals surface area (Å²) in [5, 5.41) is 0. The summed E-state index contributed by atoms with van der Waals surface area (Å²) < 4.78 is 6.10. The van der Waals surface area contributed by atoms with Crippen molar-refractivity contribution in [2.24, 2.45) is 0 Å². The van der Waals surface area contributed by atoms with E-state index in [2.05, 4.69) is 65.6 Å². The Balaban J connectivity index is 1.44. The number of ether oxygens (including phenoxy) is 1. The van der Waals surface area contributed by atoms with E-state index in [1.807, 2.05) is 43.9 Å². The minimum Gasteiger partial charge on any atom is -0.480 e. The highest BCUT2D eigenvalue weighted by Gasteiger charge is 2.30. The standard InChI is InChI=1S/C28H32N2O2/c1-21-11-10-12-22(2)27(21)32-23(3)28(31)30-19-17-29(18-20-30)26(24-13-6-4-7-14-24)25-15-8-5-9-16-25/h4-16,23,26H,17-20H2,1-3H3. The van der Waals surface area contributed by atoms with Crippen LogP contribution in [0.2, 0.25) is 0 Å². The molecule has 1 atom stereocenters. The van der Waals surface area contributed by atoms with Gasteiger partial charge in [-0.25, -0.2) is 0 Å². The van der Waals surface area contributed by atoms with Gasteiger partial charge in [-0.1, -0.05) is 78.9 Å². The summed E-state index contributed by atoms with van der Waals surface area (Å²) in [7, 11) is 0. The maximum atomic E-state index is 13.1. The number of carbonyl (C=O) groups excluding carboxylic acids is 1. The zero-order chi connectivity index (χ0) is 22.5. The van der Waals surface area contributed by atoms with Gasteiger partial charge in [0.15, 0.2) is 6.10 Å². The second-order valence-electron chi connectivity index (χ2n) is 8.57. The summed E-state index contributed by atoms with van der Waals surface area (Å²) in [6.45, 7) is 8.96. The maximum Gasteiger partial charge on any atom is 0.263 e. The smallest absolute Gasteiger partial charge is 0.263 e. The van der Waals surface area contributed by atoms with Gasteiger partial charge in [0.1, 0.15) is 5.75 Å². The van der Waals surface area contributed by atoms with Crippen LogP contribution in [0.25, 0.3) is 0 Å². The molecule has 4 nitrogen and oxygen atoms in total. The van der Waals surface area contributed by atoms with Gasteiger partial charge in [0.05, 0.1) is 6.04 Å². The molecule has 0 aromatic heterocycles. The molecule has 0 bridgehead atoms. The number of hydrogen-bond donors (Lipinski definition) is 0. The molecule has 166 valence electrons. The highest BCUT2D eigenvalue weighted by Crippen LogP contribution is 2.30. The first-order valence-corrected chi connectivity index (χ1v) is 11.4. The van der Waals surface area contributed by atoms with Crippen LogP contribution < -0.4 is 4.74 Å². The van der Waals surface area contributed by atoms with Gasteiger partial charge >= 0.3 is 0 Å². The molecule has 0 radical (unpaired) electrons. The van der Waals surface area contributed by atoms with Gasteiger partial charge in [0, 0.05) is 26.2 Å². The molecular formula is C28H32N2O2. The van der Waals surface area contributed by atoms with Crippen molar-refractivity contribution in [3.8, 4) is 5.75 Å². The molecule has 3 aromatic rings. The number of hydrogen-bond acceptors (Lipinski definition) is 3. The molecule has 1 amide bonds. The highest BCUT2D eigenvalue weighted by atomic mass is 16.5. The van der Waals surface area contributed by atoms with Crippen LogP contribution in [0.5, 0.6) is 5.75 Å². The van der Waals surface area contributed by atoms with Crippen LogP contribution in [-0.4, -0.2) is 48.0 Å². The van der Waals surface area contributed by atoms with Crippen molar-refractivity contribution in [1.29, 1.82) is 0 Å². The van der Waals surface area contributed by atoms with Crippen molar-refractivity contribution in [3.63, 3.8) is 0 Å². The fourth-order valence-electron chi connectivity index (χ4n) is 4.55. The van der Waals surface area contributed by atoms with Gasteiger partial charge in [-0.2, -0.15) is 0 Å². The summed E-state index contributed by atoms with van der Waals surface area (Å²) in [5.41, 5.74) is 4.68. The van der Waals surface area contributed by atoms with Crippen molar-refractivity contribution >= 4 is 5.91 Å². The highest BCUT2D eigenvalue weighted by molar-refractivity contribution is 5.81. The van der Waals surface area contributed by atoms with Crippen LogP contribution in [0.15, 0.2) is 78.9 Å². The van der Waals surface area contributed by atoms with Crippen molar-refractivity contribution in [2.75, 3.05) is 26.2 Å². The minimum atomic E-state index is -0.500. The van der Waals surface area contributed by atoms with Gasteiger partial charge in [-0.3, -0.25) is 9.69 Å². The maximum absolute atomic E-state index is 13.1. The number of para-hydroxylation sites is 1. The molecule has 1 aliphatic heterocycles. The average Bonchev–Trinajstić information content (AvgIpc) is 2.83. The van der Waals surface area contributed by atoms with Gasteiger partial charge in [0.2, 0.25) is 0 Å². The van der Waals surface area contributed by atoms with E-state index in [1.165, 1.54) is 11.1 Å². The Labute approximate surface area is 191 Å². The van der Waals surface area contributed by atoms with E-state index in [0.29, 0.717) is 13.1 Å². The van der Waals surface area contributed by atoms with Crippen LogP contribution in [0.4, 0.5) is 0 Å². The third kappa shape index (κ3) is 4.86. The lowest BCUT2D eigenvalue weighted by Crippen LogP contribution is -2.52. The molecule has 1 fully saturated rings. The molecule has 1 aliphatic rings. The van der Waals surface area contributed by atoms with Gasteiger partial charge in [-0.05, 0) is 43.0 Å². The monoisotopic (exact) mass is 428 g/mol. The number of rotatable bonds is 6. The Hall–Kier alpha value is -3.11. The Kier molecular flexibility index (Phi) is 6.91. The fourth-order valence-corrected chi connectivity index (χ4v) is 4.55. The van der Waals surface area contributed by atoms with Crippen molar-refractivity contribution in [1.82, 2.24) is 9.80 Å². The predicted octanol–water partition coefficient (Wildman–Crippen LogP) is 5.00. The lowest BCUT2D eigenvalue weighted by molar-refractivity contribution is -0.140. The van der Waals surface area contributed by atoms with Crippen LogP contribution in [0, 0.1) is 13.8 Å². The lowest BCUT2D eigenvalue weighted by Gasteiger charge is -2.40. The van der Waals surface area contributed by atoms with E-state index in [0.717, 1.165) is 30.0 Å². The molecule has 1 heterocycles. The van der Waals surface area contributed by atoms with Gasteiger partial charge in [0.25, 0.3) is 5.91 Å². The molecule has 0 aliphatic carbocycles. The Bertz CT molecular complexity index is 968. The van der Waals surface area contributed by atoms with Crippen molar-refractivity contribution in [3.05, 3.63) is 101 Å². The molecule has 0 spiro atoms. The van der Waals surface area contributed by atoms with E-state index < -0.39 is 6.10 Å². The largest absolute Gasteiger partial charge is 0.480 e. The molecule has 0 saturated carbocycles. The van der Waals surface area contributed by atoms with Crippen LogP contribution >= 0.6 is 0 Å². The van der Waals surface area contributed by atoms with Crippen LogP contribution in [0.1, 0.15) is 35.2 Å². The summed E-state index contributed by atoms with van der Waals surface area (Å²) in [6.07, 6.45) is -0.500. The second-order valence-corrected chi connectivity index (χ2v) is 8.57. The third-order valence-corrected chi connectivity index (χ3v) is 6.27. The molecule has 0 N–H and O–H groups in total. The lowest BCUT2D eigenvalue weighted by atomic mass is 9.96. The van der Waals surface area contributed by atoms with E-state index in [1.54, 1.807) is 0 Å². The number of benzene rings is 3. The third-order valence-electron chi connectivity index (χ3n) is 6.27. The first-order valence-electron chi connectivity index (χ1n) is 11.4. The molecule has 3 aromatic carbocycles.